The SMILES string of the molecule is COc1nc(F)cc(C(F)F)c1F. The van der Waals surface area contributed by atoms with Crippen LogP contribution < -0.4 is 4.74 Å². The molecule has 0 aliphatic heterocycles. The number of hydrogen-bond donors (Lipinski definition) is 0. The van der Waals surface area contributed by atoms with Crippen molar-refractivity contribution in [1.29, 1.82) is 0 Å². The number of ether oxygens (including phenoxy) is 1. The van der Waals surface area contributed by atoms with Gasteiger partial charge in [0.1, 0.15) is 0 Å². The summed E-state index contributed by atoms with van der Waals surface area (Å²) in [6, 6.07) is 0.336. The predicted octanol–water partition coefficient (Wildman–Crippen LogP) is 2.31. The van der Waals surface area contributed by atoms with Crippen LogP contribution in [0.4, 0.5) is 17.6 Å². The number of hydrogen-bond acceptors (Lipinski definition) is 2. The van der Waals surface area contributed by atoms with Crippen LogP contribution in [0.5, 0.6) is 5.88 Å². The second-order valence-electron chi connectivity index (χ2n) is 2.16. The van der Waals surface area contributed by atoms with Crippen LogP contribution in [-0.4, -0.2) is 12.1 Å². The first kappa shape index (κ1) is 9.76. The minimum atomic E-state index is -3.09. The van der Waals surface area contributed by atoms with Gasteiger partial charge in [-0.15, -0.1) is 0 Å². The number of halogens is 4. The van der Waals surface area contributed by atoms with Crippen LogP contribution in [0.2, 0.25) is 0 Å². The van der Waals surface area contributed by atoms with Gasteiger partial charge in [-0.1, -0.05) is 0 Å². The van der Waals surface area contributed by atoms with E-state index in [-0.39, 0.29) is 0 Å². The lowest BCUT2D eigenvalue weighted by atomic mass is 10.2. The summed E-state index contributed by atoms with van der Waals surface area (Å²) < 4.78 is 53.7. The fourth-order valence-corrected chi connectivity index (χ4v) is 0.788. The van der Waals surface area contributed by atoms with Gasteiger partial charge in [0.05, 0.1) is 12.7 Å². The van der Waals surface area contributed by atoms with Gasteiger partial charge in [-0.05, 0) is 0 Å². The summed E-state index contributed by atoms with van der Waals surface area (Å²) in [5, 5.41) is 0. The molecule has 1 aromatic heterocycles. The number of aromatic nitrogens is 1. The van der Waals surface area contributed by atoms with Crippen LogP contribution in [-0.2, 0) is 0 Å². The van der Waals surface area contributed by atoms with Crippen LogP contribution >= 0.6 is 0 Å². The molecule has 72 valence electrons. The predicted molar refractivity (Wildman–Crippen MR) is 35.7 cm³/mol. The fourth-order valence-electron chi connectivity index (χ4n) is 0.788. The molecule has 0 aliphatic carbocycles. The first-order valence-corrected chi connectivity index (χ1v) is 3.24. The number of alkyl halides is 2. The Morgan fingerprint density at radius 1 is 1.38 bits per heavy atom. The van der Waals surface area contributed by atoms with Gasteiger partial charge in [-0.3, -0.25) is 0 Å². The van der Waals surface area contributed by atoms with E-state index in [1.807, 2.05) is 0 Å². The Kier molecular flexibility index (Phi) is 2.69. The summed E-state index contributed by atoms with van der Waals surface area (Å²) >= 11 is 0. The molecule has 0 aromatic carbocycles. The van der Waals surface area contributed by atoms with Gasteiger partial charge in [0.15, 0.2) is 5.82 Å². The number of rotatable bonds is 2. The van der Waals surface area contributed by atoms with E-state index in [1.165, 1.54) is 0 Å². The lowest BCUT2D eigenvalue weighted by Gasteiger charge is -2.05. The quantitative estimate of drug-likeness (QED) is 0.533. The summed E-state index contributed by atoms with van der Waals surface area (Å²) in [6.07, 6.45) is -3.09. The van der Waals surface area contributed by atoms with Gasteiger partial charge < -0.3 is 4.74 Å². The van der Waals surface area contributed by atoms with E-state index in [4.69, 9.17) is 0 Å². The average molecular weight is 195 g/mol. The Morgan fingerprint density at radius 2 is 2.00 bits per heavy atom. The minimum absolute atomic E-state index is 0.336. The van der Waals surface area contributed by atoms with E-state index >= 15 is 0 Å². The molecule has 0 radical (unpaired) electrons. The van der Waals surface area contributed by atoms with Crippen LogP contribution in [0.25, 0.3) is 0 Å². The van der Waals surface area contributed by atoms with Crippen molar-refractivity contribution >= 4 is 0 Å². The normalized spacial score (nSPS) is 10.6. The third-order valence-corrected chi connectivity index (χ3v) is 1.35. The fraction of sp³-hybridized carbons (Fsp3) is 0.286. The van der Waals surface area contributed by atoms with Crippen molar-refractivity contribution in [2.45, 2.75) is 6.43 Å². The van der Waals surface area contributed by atoms with Gasteiger partial charge >= 0.3 is 0 Å². The van der Waals surface area contributed by atoms with Crippen molar-refractivity contribution in [1.82, 2.24) is 4.98 Å². The van der Waals surface area contributed by atoms with E-state index in [0.717, 1.165) is 7.11 Å². The van der Waals surface area contributed by atoms with E-state index < -0.39 is 29.6 Å². The second kappa shape index (κ2) is 3.59. The van der Waals surface area contributed by atoms with Gasteiger partial charge in [-0.25, -0.2) is 13.2 Å². The molecule has 0 atom stereocenters. The lowest BCUT2D eigenvalue weighted by molar-refractivity contribution is 0.144. The zero-order chi connectivity index (χ0) is 10.0. The van der Waals surface area contributed by atoms with Crippen molar-refractivity contribution in [3.8, 4) is 5.88 Å². The van der Waals surface area contributed by atoms with E-state index in [0.29, 0.717) is 6.07 Å². The largest absolute Gasteiger partial charge is 0.479 e. The molecule has 1 aromatic rings. The molecule has 0 unspecified atom stereocenters. The average Bonchev–Trinajstić information content (AvgIpc) is 2.08. The van der Waals surface area contributed by atoms with Crippen molar-refractivity contribution < 1.29 is 22.3 Å². The summed E-state index contributed by atoms with van der Waals surface area (Å²) in [5.41, 5.74) is -1.05. The van der Waals surface area contributed by atoms with Crippen LogP contribution in [0.15, 0.2) is 6.07 Å². The third kappa shape index (κ3) is 1.88. The summed E-state index contributed by atoms with van der Waals surface area (Å²) in [4.78, 5) is 2.94. The zero-order valence-electron chi connectivity index (χ0n) is 6.52. The molecular weight excluding hydrogens is 190 g/mol. The molecule has 0 saturated carbocycles. The van der Waals surface area contributed by atoms with Crippen LogP contribution in [0.1, 0.15) is 12.0 Å². The second-order valence-corrected chi connectivity index (χ2v) is 2.16. The van der Waals surface area contributed by atoms with Gasteiger partial charge in [0.25, 0.3) is 12.3 Å². The number of nitrogens with zero attached hydrogens (tertiary/aromatic N) is 1. The summed E-state index contributed by atoms with van der Waals surface area (Å²) in [5.74, 6) is -3.30. The zero-order valence-corrected chi connectivity index (χ0v) is 6.52. The van der Waals surface area contributed by atoms with Gasteiger partial charge in [-0.2, -0.15) is 9.37 Å². The number of methoxy groups -OCH3 is 1. The highest BCUT2D eigenvalue weighted by Crippen LogP contribution is 2.27. The molecule has 13 heavy (non-hydrogen) atoms. The Bertz CT molecular complexity index is 316. The maximum atomic E-state index is 12.9. The highest BCUT2D eigenvalue weighted by molar-refractivity contribution is 5.25. The molecule has 6 heteroatoms. The maximum Gasteiger partial charge on any atom is 0.267 e. The Labute approximate surface area is 71.2 Å². The Morgan fingerprint density at radius 3 is 2.46 bits per heavy atom. The highest BCUT2D eigenvalue weighted by atomic mass is 19.3. The molecule has 0 aliphatic rings. The molecule has 1 heterocycles. The van der Waals surface area contributed by atoms with Crippen LogP contribution in [0, 0.1) is 11.8 Å². The molecule has 1 rings (SSSR count). The molecular formula is C7H5F4NO. The maximum absolute atomic E-state index is 12.9. The van der Waals surface area contributed by atoms with E-state index in [1.54, 1.807) is 0 Å². The molecule has 0 bridgehead atoms. The molecule has 0 saturated heterocycles. The van der Waals surface area contributed by atoms with Crippen molar-refractivity contribution in [3.05, 3.63) is 23.4 Å². The molecule has 0 amide bonds. The topological polar surface area (TPSA) is 22.1 Å². The minimum Gasteiger partial charge on any atom is -0.479 e. The van der Waals surface area contributed by atoms with Crippen molar-refractivity contribution in [3.63, 3.8) is 0 Å². The summed E-state index contributed by atoms with van der Waals surface area (Å²) in [6.45, 7) is 0. The Hall–Kier alpha value is -1.33. The molecule has 2 nitrogen and oxygen atoms in total. The third-order valence-electron chi connectivity index (χ3n) is 1.35. The molecule has 0 fully saturated rings. The van der Waals surface area contributed by atoms with Crippen LogP contribution in [0.3, 0.4) is 0 Å². The van der Waals surface area contributed by atoms with Gasteiger partial charge in [0, 0.05) is 6.07 Å². The monoisotopic (exact) mass is 195 g/mol. The van der Waals surface area contributed by atoms with Crippen molar-refractivity contribution in [2.24, 2.45) is 0 Å². The van der Waals surface area contributed by atoms with E-state index in [2.05, 4.69) is 9.72 Å². The Balaban J connectivity index is 3.27. The van der Waals surface area contributed by atoms with Crippen molar-refractivity contribution in [2.75, 3.05) is 7.11 Å². The lowest BCUT2D eigenvalue weighted by Crippen LogP contribution is -2.00. The first-order valence-electron chi connectivity index (χ1n) is 3.24. The smallest absolute Gasteiger partial charge is 0.267 e. The van der Waals surface area contributed by atoms with E-state index in [9.17, 15) is 17.6 Å². The highest BCUT2D eigenvalue weighted by Gasteiger charge is 2.20. The standard InChI is InChI=1S/C7H5F4NO/c1-13-7-5(9)3(6(10)11)2-4(8)12-7/h2,6H,1H3. The first-order chi connectivity index (χ1) is 6.06. The molecule has 0 N–H and O–H groups in total. The van der Waals surface area contributed by atoms with Gasteiger partial charge in [0.2, 0.25) is 5.95 Å². The summed E-state index contributed by atoms with van der Waals surface area (Å²) in [7, 11) is 1.01. The number of pyridine rings is 1. The molecule has 0 spiro atoms.